The molecule has 0 spiro atoms. The lowest BCUT2D eigenvalue weighted by Crippen LogP contribution is -2.38. The number of likely N-dealkylation sites (N-methyl/N-ethyl adjacent to an activating group) is 1. The van der Waals surface area contributed by atoms with Crippen LogP contribution < -0.4 is 10.6 Å². The summed E-state index contributed by atoms with van der Waals surface area (Å²) in [6, 6.07) is 11.8. The fraction of sp³-hybridized carbons (Fsp3) is 0.304. The molecule has 0 saturated carbocycles. The highest BCUT2D eigenvalue weighted by Crippen LogP contribution is 2.27. The van der Waals surface area contributed by atoms with Crippen LogP contribution >= 0.6 is 0 Å². The van der Waals surface area contributed by atoms with Crippen LogP contribution in [-0.4, -0.2) is 36.5 Å². The van der Waals surface area contributed by atoms with Gasteiger partial charge in [-0.1, -0.05) is 18.2 Å². The fourth-order valence-corrected chi connectivity index (χ4v) is 3.93. The summed E-state index contributed by atoms with van der Waals surface area (Å²) in [6.45, 7) is 0.687. The third-order valence-corrected chi connectivity index (χ3v) is 5.62. The maximum Gasteiger partial charge on any atom is 0.319 e. The van der Waals surface area contributed by atoms with Crippen molar-refractivity contribution < 1.29 is 14.0 Å². The van der Waals surface area contributed by atoms with Crippen LogP contribution in [0.1, 0.15) is 40.7 Å². The van der Waals surface area contributed by atoms with E-state index in [1.165, 1.54) is 17.7 Å². The maximum absolute atomic E-state index is 13.1. The highest BCUT2D eigenvalue weighted by molar-refractivity contribution is 5.98. The Hall–Kier alpha value is -3.15. The number of benzene rings is 2. The van der Waals surface area contributed by atoms with E-state index < -0.39 is 0 Å². The van der Waals surface area contributed by atoms with Gasteiger partial charge in [-0.15, -0.1) is 0 Å². The van der Waals surface area contributed by atoms with Crippen molar-refractivity contribution in [3.8, 4) is 0 Å². The number of urea groups is 1. The van der Waals surface area contributed by atoms with Gasteiger partial charge in [0, 0.05) is 30.9 Å². The van der Waals surface area contributed by atoms with Crippen molar-refractivity contribution in [2.45, 2.75) is 31.7 Å². The first-order valence-electron chi connectivity index (χ1n) is 9.90. The zero-order valence-electron chi connectivity index (χ0n) is 16.4. The van der Waals surface area contributed by atoms with Gasteiger partial charge < -0.3 is 15.5 Å². The van der Waals surface area contributed by atoms with E-state index >= 15 is 0 Å². The average Bonchev–Trinajstić information content (AvgIpc) is 2.72. The molecule has 0 bridgehead atoms. The van der Waals surface area contributed by atoms with Gasteiger partial charge in [-0.25, -0.2) is 9.18 Å². The minimum absolute atomic E-state index is 0.0215. The van der Waals surface area contributed by atoms with Gasteiger partial charge in [0.05, 0.1) is 0 Å². The van der Waals surface area contributed by atoms with Crippen molar-refractivity contribution in [1.29, 1.82) is 0 Å². The Labute approximate surface area is 169 Å². The number of rotatable bonds is 3. The highest BCUT2D eigenvalue weighted by Gasteiger charge is 2.22. The second kappa shape index (κ2) is 8.07. The molecule has 0 aromatic heterocycles. The van der Waals surface area contributed by atoms with Gasteiger partial charge in [-0.3, -0.25) is 4.79 Å². The summed E-state index contributed by atoms with van der Waals surface area (Å²) in [4.78, 5) is 26.3. The monoisotopic (exact) mass is 393 g/mol. The smallest absolute Gasteiger partial charge is 0.319 e. The van der Waals surface area contributed by atoms with Crippen LogP contribution in [0, 0.1) is 5.82 Å². The molecular formula is C23H24FN3O2. The van der Waals surface area contributed by atoms with Crippen molar-refractivity contribution in [1.82, 2.24) is 10.2 Å². The molecule has 0 radical (unpaired) electrons. The molecular weight excluding hydrogens is 369 g/mol. The zero-order valence-corrected chi connectivity index (χ0v) is 16.4. The Bertz CT molecular complexity index is 969. The average molecular weight is 393 g/mol. The van der Waals surface area contributed by atoms with E-state index in [1.54, 1.807) is 36.2 Å². The molecule has 1 aliphatic heterocycles. The summed E-state index contributed by atoms with van der Waals surface area (Å²) >= 11 is 0. The van der Waals surface area contributed by atoms with E-state index in [2.05, 4.69) is 16.7 Å². The molecule has 0 fully saturated rings. The third-order valence-electron chi connectivity index (χ3n) is 5.62. The predicted octanol–water partition coefficient (Wildman–Crippen LogP) is 4.21. The van der Waals surface area contributed by atoms with Gasteiger partial charge in [0.1, 0.15) is 5.82 Å². The fourth-order valence-electron chi connectivity index (χ4n) is 3.93. The van der Waals surface area contributed by atoms with E-state index in [0.29, 0.717) is 17.8 Å². The number of nitrogens with one attached hydrogen (secondary N) is 2. The Morgan fingerprint density at radius 2 is 1.93 bits per heavy atom. The standard InChI is InChI=1S/C23H24FN3O2/c1-27-13-12-17-14-20(10-11-21(17)22(27)28)26-23(29)25-19-8-4-16(5-9-19)15-2-6-18(24)7-3-15/h2-4,6-7,10-11,14,19H,5,8-9,12-13H2,1H3,(H2,25,26,29). The van der Waals surface area contributed by atoms with Gasteiger partial charge in [0.25, 0.3) is 5.91 Å². The Morgan fingerprint density at radius 3 is 2.66 bits per heavy atom. The quantitative estimate of drug-likeness (QED) is 0.821. The summed E-state index contributed by atoms with van der Waals surface area (Å²) in [5.41, 5.74) is 4.58. The molecule has 29 heavy (non-hydrogen) atoms. The number of fused-ring (bicyclic) bond motifs is 1. The molecule has 3 amide bonds. The number of hydrogen-bond acceptors (Lipinski definition) is 2. The number of carbonyl (C=O) groups is 2. The Morgan fingerprint density at radius 1 is 1.14 bits per heavy atom. The van der Waals surface area contributed by atoms with Gasteiger partial charge in [0.2, 0.25) is 0 Å². The molecule has 1 aliphatic carbocycles. The molecule has 0 saturated heterocycles. The van der Waals surface area contributed by atoms with Crippen molar-refractivity contribution in [3.63, 3.8) is 0 Å². The zero-order chi connectivity index (χ0) is 20.4. The number of allylic oxidation sites excluding steroid dienone is 1. The second-order valence-electron chi connectivity index (χ2n) is 7.65. The van der Waals surface area contributed by atoms with E-state index in [-0.39, 0.29) is 23.8 Å². The second-order valence-corrected chi connectivity index (χ2v) is 7.65. The third kappa shape index (κ3) is 4.31. The summed E-state index contributed by atoms with van der Waals surface area (Å²) in [5, 5.41) is 5.89. The summed E-state index contributed by atoms with van der Waals surface area (Å²) in [6.07, 6.45) is 5.31. The lowest BCUT2D eigenvalue weighted by Gasteiger charge is -2.25. The van der Waals surface area contributed by atoms with Crippen molar-refractivity contribution in [2.24, 2.45) is 0 Å². The predicted molar refractivity (Wildman–Crippen MR) is 111 cm³/mol. The van der Waals surface area contributed by atoms with Crippen LogP contribution in [0.4, 0.5) is 14.9 Å². The van der Waals surface area contributed by atoms with Crippen molar-refractivity contribution in [3.05, 3.63) is 71.0 Å². The number of hydrogen-bond donors (Lipinski definition) is 2. The van der Waals surface area contributed by atoms with Crippen LogP contribution in [0.5, 0.6) is 0 Å². The van der Waals surface area contributed by atoms with Gasteiger partial charge in [-0.05, 0) is 72.7 Å². The summed E-state index contributed by atoms with van der Waals surface area (Å²) in [5.74, 6) is -0.215. The van der Waals surface area contributed by atoms with E-state index in [1.807, 2.05) is 6.07 Å². The van der Waals surface area contributed by atoms with E-state index in [0.717, 1.165) is 36.8 Å². The molecule has 1 atom stereocenters. The topological polar surface area (TPSA) is 61.4 Å². The van der Waals surface area contributed by atoms with E-state index in [4.69, 9.17) is 0 Å². The maximum atomic E-state index is 13.1. The number of carbonyl (C=O) groups excluding carboxylic acids is 2. The number of halogens is 1. The SMILES string of the molecule is CN1CCc2cc(NC(=O)NC3CC=C(c4ccc(F)cc4)CC3)ccc2C1=O. The van der Waals surface area contributed by atoms with Gasteiger partial charge in [-0.2, -0.15) is 0 Å². The van der Waals surface area contributed by atoms with E-state index in [9.17, 15) is 14.0 Å². The molecule has 2 aromatic carbocycles. The molecule has 150 valence electrons. The largest absolute Gasteiger partial charge is 0.341 e. The number of nitrogens with zero attached hydrogens (tertiary/aromatic N) is 1. The first-order valence-corrected chi connectivity index (χ1v) is 9.90. The summed E-state index contributed by atoms with van der Waals surface area (Å²) < 4.78 is 13.1. The van der Waals surface area contributed by atoms with Gasteiger partial charge >= 0.3 is 6.03 Å². The minimum atomic E-state index is -0.243. The van der Waals surface area contributed by atoms with Crippen LogP contribution in [0.25, 0.3) is 5.57 Å². The molecule has 1 unspecified atom stereocenters. The first-order chi connectivity index (χ1) is 14.0. The number of amides is 3. The van der Waals surface area contributed by atoms with Crippen LogP contribution in [-0.2, 0) is 6.42 Å². The molecule has 1 heterocycles. The lowest BCUT2D eigenvalue weighted by molar-refractivity contribution is 0.0781. The molecule has 2 aliphatic rings. The molecule has 4 rings (SSSR count). The van der Waals surface area contributed by atoms with Crippen molar-refractivity contribution >= 4 is 23.2 Å². The lowest BCUT2D eigenvalue weighted by atomic mass is 9.91. The normalized spacial score (nSPS) is 18.7. The first kappa shape index (κ1) is 19.2. The summed E-state index contributed by atoms with van der Waals surface area (Å²) in [7, 11) is 1.80. The van der Waals surface area contributed by atoms with Crippen molar-refractivity contribution in [2.75, 3.05) is 18.9 Å². The van der Waals surface area contributed by atoms with Crippen LogP contribution in [0.3, 0.4) is 0 Å². The van der Waals surface area contributed by atoms with Crippen LogP contribution in [0.15, 0.2) is 48.5 Å². The molecule has 2 N–H and O–H groups in total. The van der Waals surface area contributed by atoms with Gasteiger partial charge in [0.15, 0.2) is 0 Å². The Kier molecular flexibility index (Phi) is 5.34. The van der Waals surface area contributed by atoms with Crippen LogP contribution in [0.2, 0.25) is 0 Å². The molecule has 5 nitrogen and oxygen atoms in total. The Balaban J connectivity index is 1.34. The minimum Gasteiger partial charge on any atom is -0.341 e. The molecule has 2 aromatic rings. The molecule has 6 heteroatoms. The highest BCUT2D eigenvalue weighted by atomic mass is 19.1. The number of anilines is 1.